The van der Waals surface area contributed by atoms with E-state index in [1.54, 1.807) is 0 Å². The zero-order valence-electron chi connectivity index (χ0n) is 12.1. The molecule has 0 bridgehead atoms. The summed E-state index contributed by atoms with van der Waals surface area (Å²) in [5.74, 6) is 0. The maximum Gasteiger partial charge on any atom is 3.00 e. The first-order chi connectivity index (χ1) is 8.27. The molecule has 0 aromatic carbocycles. The number of hydrogen-bond acceptors (Lipinski definition) is 1. The Morgan fingerprint density at radius 2 is 2.05 bits per heavy atom. The Bertz CT molecular complexity index is 399. The van der Waals surface area contributed by atoms with Gasteiger partial charge in [-0.05, 0) is 31.8 Å². The van der Waals surface area contributed by atoms with Gasteiger partial charge in [0.2, 0.25) is 0 Å². The third kappa shape index (κ3) is 5.54. The van der Waals surface area contributed by atoms with Crippen LogP contribution in [-0.4, -0.2) is 12.2 Å². The summed E-state index contributed by atoms with van der Waals surface area (Å²) in [6.07, 6.45) is 18.2. The van der Waals surface area contributed by atoms with E-state index in [2.05, 4.69) is 50.3 Å². The standard InChI is InChI=1S/C16H21O.2ClH.Ti/c1-3-12-17-16(11-7-6-8-14(16)2)13-15-9-4-5-10-15;;;/h4,6-9H,3,5,11-13H2,1-2H3;2*1H;/q-1;;;+3/p-2. The van der Waals surface area contributed by atoms with Gasteiger partial charge >= 0.3 is 21.7 Å². The molecule has 0 aromatic rings. The molecule has 1 nitrogen and oxygen atoms in total. The fraction of sp³-hybridized carbons (Fsp3) is 0.500. The SMILES string of the molecule is CCCOC1(CC2=[C-]CC=C2)CC=CC=C1C.[Cl-].[Cl-].[Ti+3]. The molecule has 1 unspecified atom stereocenters. The third-order valence-electron chi connectivity index (χ3n) is 3.47. The summed E-state index contributed by atoms with van der Waals surface area (Å²) in [6, 6.07) is 0. The van der Waals surface area contributed by atoms with Crippen molar-refractivity contribution in [2.75, 3.05) is 6.61 Å². The molecule has 1 atom stereocenters. The number of ether oxygens (including phenoxy) is 1. The molecular formula is C16H21Cl2OTi. The number of hydrogen-bond donors (Lipinski definition) is 0. The Labute approximate surface area is 150 Å². The summed E-state index contributed by atoms with van der Waals surface area (Å²) < 4.78 is 6.18. The van der Waals surface area contributed by atoms with Gasteiger partial charge < -0.3 is 29.6 Å². The quantitative estimate of drug-likeness (QED) is 0.419. The molecule has 2 rings (SSSR count). The van der Waals surface area contributed by atoms with E-state index in [4.69, 9.17) is 4.74 Å². The van der Waals surface area contributed by atoms with Gasteiger partial charge in [0.05, 0.1) is 5.60 Å². The van der Waals surface area contributed by atoms with Gasteiger partial charge in [-0.2, -0.15) is 6.08 Å². The summed E-state index contributed by atoms with van der Waals surface area (Å²) >= 11 is 0. The van der Waals surface area contributed by atoms with Gasteiger partial charge in [0.15, 0.2) is 0 Å². The number of halogens is 2. The third-order valence-corrected chi connectivity index (χ3v) is 3.47. The van der Waals surface area contributed by atoms with E-state index in [1.807, 2.05) is 0 Å². The van der Waals surface area contributed by atoms with Gasteiger partial charge in [-0.3, -0.25) is 6.08 Å². The van der Waals surface area contributed by atoms with Gasteiger partial charge in [-0.15, -0.1) is 6.42 Å². The summed E-state index contributed by atoms with van der Waals surface area (Å²) in [5.41, 5.74) is 2.51. The van der Waals surface area contributed by atoms with Gasteiger partial charge in [0, 0.05) is 6.61 Å². The molecule has 0 amide bonds. The van der Waals surface area contributed by atoms with Crippen LogP contribution in [0.15, 0.2) is 41.5 Å². The second-order valence-corrected chi connectivity index (χ2v) is 4.81. The van der Waals surface area contributed by atoms with Crippen molar-refractivity contribution in [3.63, 3.8) is 0 Å². The van der Waals surface area contributed by atoms with Crippen molar-refractivity contribution < 1.29 is 51.3 Å². The van der Waals surface area contributed by atoms with Gasteiger partial charge in [-0.25, -0.2) is 11.6 Å². The molecule has 0 saturated heterocycles. The largest absolute Gasteiger partial charge is 3.00 e. The molecular weight excluding hydrogens is 327 g/mol. The minimum Gasteiger partial charge on any atom is -1.00 e. The minimum atomic E-state index is -0.123. The zero-order valence-corrected chi connectivity index (χ0v) is 15.2. The molecule has 4 heteroatoms. The van der Waals surface area contributed by atoms with Gasteiger partial charge in [-0.1, -0.05) is 25.2 Å². The molecule has 1 radical (unpaired) electrons. The topological polar surface area (TPSA) is 9.23 Å². The maximum absolute atomic E-state index is 6.18. The van der Waals surface area contributed by atoms with E-state index in [1.165, 1.54) is 11.1 Å². The van der Waals surface area contributed by atoms with Crippen molar-refractivity contribution in [3.8, 4) is 0 Å². The monoisotopic (exact) mass is 347 g/mol. The summed E-state index contributed by atoms with van der Waals surface area (Å²) in [5, 5.41) is 0. The van der Waals surface area contributed by atoms with Crippen LogP contribution in [0.5, 0.6) is 0 Å². The molecule has 0 spiro atoms. The van der Waals surface area contributed by atoms with Crippen LogP contribution in [0.2, 0.25) is 0 Å². The van der Waals surface area contributed by atoms with Crippen LogP contribution < -0.4 is 24.8 Å². The second kappa shape index (κ2) is 10.9. The normalized spacial score (nSPS) is 23.1. The fourth-order valence-corrected chi connectivity index (χ4v) is 2.40. The number of rotatable bonds is 5. The van der Waals surface area contributed by atoms with E-state index in [0.29, 0.717) is 0 Å². The van der Waals surface area contributed by atoms with Crippen molar-refractivity contribution in [2.45, 2.75) is 45.1 Å². The minimum absolute atomic E-state index is 0. The first-order valence-corrected chi connectivity index (χ1v) is 6.51. The maximum atomic E-state index is 6.18. The molecule has 0 aliphatic heterocycles. The Hall–Kier alpha value is 0.214. The first kappa shape index (κ1) is 22.5. The van der Waals surface area contributed by atoms with Crippen LogP contribution in [-0.2, 0) is 26.5 Å². The molecule has 2 aliphatic rings. The molecule has 20 heavy (non-hydrogen) atoms. The fourth-order valence-electron chi connectivity index (χ4n) is 2.40. The van der Waals surface area contributed by atoms with Gasteiger partial charge in [0.25, 0.3) is 0 Å². The van der Waals surface area contributed by atoms with Crippen LogP contribution in [0.4, 0.5) is 0 Å². The van der Waals surface area contributed by atoms with Crippen LogP contribution in [0, 0.1) is 6.08 Å². The second-order valence-electron chi connectivity index (χ2n) is 4.81. The van der Waals surface area contributed by atoms with E-state index in [9.17, 15) is 0 Å². The van der Waals surface area contributed by atoms with E-state index < -0.39 is 0 Å². The molecule has 0 N–H and O–H groups in total. The van der Waals surface area contributed by atoms with E-state index >= 15 is 0 Å². The average molecular weight is 348 g/mol. The van der Waals surface area contributed by atoms with E-state index in [-0.39, 0.29) is 52.1 Å². The molecule has 0 saturated carbocycles. The Morgan fingerprint density at radius 1 is 1.30 bits per heavy atom. The van der Waals surface area contributed by atoms with Crippen LogP contribution >= 0.6 is 0 Å². The predicted octanol–water partition coefficient (Wildman–Crippen LogP) is -1.86. The van der Waals surface area contributed by atoms with Crippen LogP contribution in [0.1, 0.15) is 39.5 Å². The van der Waals surface area contributed by atoms with Crippen molar-refractivity contribution >= 4 is 0 Å². The molecule has 0 aromatic heterocycles. The molecule has 109 valence electrons. The first-order valence-electron chi connectivity index (χ1n) is 6.51. The molecule has 0 heterocycles. The summed E-state index contributed by atoms with van der Waals surface area (Å²) in [6.45, 7) is 5.17. The van der Waals surface area contributed by atoms with Crippen molar-refractivity contribution in [1.82, 2.24) is 0 Å². The molecule has 2 aliphatic carbocycles. The predicted molar refractivity (Wildman–Crippen MR) is 71.6 cm³/mol. The summed E-state index contributed by atoms with van der Waals surface area (Å²) in [7, 11) is 0. The smallest absolute Gasteiger partial charge is 1.00 e. The number of allylic oxidation sites excluding steroid dienone is 5. The Kier molecular flexibility index (Phi) is 12.2. The molecule has 0 fully saturated rings. The van der Waals surface area contributed by atoms with Crippen LogP contribution in [0.25, 0.3) is 0 Å². The average Bonchev–Trinajstić information content (AvgIpc) is 2.83. The van der Waals surface area contributed by atoms with E-state index in [0.717, 1.165) is 32.3 Å². The van der Waals surface area contributed by atoms with Crippen molar-refractivity contribution in [2.24, 2.45) is 0 Å². The van der Waals surface area contributed by atoms with Crippen LogP contribution in [0.3, 0.4) is 0 Å². The van der Waals surface area contributed by atoms with Crippen molar-refractivity contribution in [1.29, 1.82) is 0 Å². The van der Waals surface area contributed by atoms with Crippen molar-refractivity contribution in [3.05, 3.63) is 47.6 Å². The zero-order chi connectivity index (χ0) is 12.1. The Morgan fingerprint density at radius 3 is 2.60 bits per heavy atom. The van der Waals surface area contributed by atoms with Gasteiger partial charge in [0.1, 0.15) is 0 Å². The Balaban J connectivity index is 0. The summed E-state index contributed by atoms with van der Waals surface area (Å²) in [4.78, 5) is 0.